The first kappa shape index (κ1) is 16.9. The van der Waals surface area contributed by atoms with Gasteiger partial charge in [0.1, 0.15) is 0 Å². The highest BCUT2D eigenvalue weighted by Crippen LogP contribution is 2.13. The number of hydrogen-bond acceptors (Lipinski definition) is 3. The van der Waals surface area contributed by atoms with Crippen molar-refractivity contribution < 1.29 is 5.11 Å². The molecule has 0 aromatic rings. The lowest BCUT2D eigenvalue weighted by Crippen LogP contribution is -2.47. The molecule has 0 aromatic carbocycles. The predicted octanol–water partition coefficient (Wildman–Crippen LogP) is 2.25. The third-order valence-corrected chi connectivity index (χ3v) is 3.92. The third kappa shape index (κ3) is 6.39. The van der Waals surface area contributed by atoms with Crippen molar-refractivity contribution in [2.24, 2.45) is 0 Å². The Balaban J connectivity index is 4.23. The van der Waals surface area contributed by atoms with E-state index < -0.39 is 0 Å². The summed E-state index contributed by atoms with van der Waals surface area (Å²) in [6.45, 7) is 11.3. The summed E-state index contributed by atoms with van der Waals surface area (Å²) in [4.78, 5) is 2.55. The summed E-state index contributed by atoms with van der Waals surface area (Å²) in [6.07, 6.45) is 4.70. The number of nitrogens with zero attached hydrogens (tertiary/aromatic N) is 1. The Bertz CT molecular complexity index is 181. The topological polar surface area (TPSA) is 35.5 Å². The molecule has 104 valence electrons. The zero-order chi connectivity index (χ0) is 13.3. The van der Waals surface area contributed by atoms with Crippen LogP contribution in [0.4, 0.5) is 0 Å². The van der Waals surface area contributed by atoms with Crippen LogP contribution in [0.15, 0.2) is 0 Å². The van der Waals surface area contributed by atoms with Gasteiger partial charge in [-0.3, -0.25) is 0 Å². The quantitative estimate of drug-likeness (QED) is 0.619. The summed E-state index contributed by atoms with van der Waals surface area (Å²) in [5, 5.41) is 12.6. The fourth-order valence-electron chi connectivity index (χ4n) is 1.85. The van der Waals surface area contributed by atoms with E-state index in [9.17, 15) is 5.11 Å². The monoisotopic (exact) mass is 244 g/mol. The molecule has 2 atom stereocenters. The molecule has 2 N–H and O–H groups in total. The number of aliphatic hydroxyl groups is 1. The Morgan fingerprint density at radius 2 is 1.94 bits per heavy atom. The number of hydrogen-bond donors (Lipinski definition) is 2. The van der Waals surface area contributed by atoms with Crippen molar-refractivity contribution in [1.29, 1.82) is 0 Å². The van der Waals surface area contributed by atoms with Gasteiger partial charge < -0.3 is 15.3 Å². The molecule has 0 bridgehead atoms. The second-order valence-corrected chi connectivity index (χ2v) is 5.37. The lowest BCUT2D eigenvalue weighted by Gasteiger charge is -2.33. The van der Waals surface area contributed by atoms with Gasteiger partial charge in [-0.1, -0.05) is 20.3 Å². The number of unbranched alkanes of at least 4 members (excludes halogenated alkanes) is 1. The fraction of sp³-hybridized carbons (Fsp3) is 1.00. The van der Waals surface area contributed by atoms with E-state index in [1.807, 2.05) is 7.05 Å². The fourth-order valence-corrected chi connectivity index (χ4v) is 1.85. The molecule has 0 amide bonds. The first-order valence-electron chi connectivity index (χ1n) is 7.06. The zero-order valence-corrected chi connectivity index (χ0v) is 12.4. The zero-order valence-electron chi connectivity index (χ0n) is 12.4. The van der Waals surface area contributed by atoms with E-state index in [0.717, 1.165) is 13.0 Å². The molecule has 0 heterocycles. The van der Waals surface area contributed by atoms with Crippen molar-refractivity contribution in [3.63, 3.8) is 0 Å². The Morgan fingerprint density at radius 1 is 1.29 bits per heavy atom. The van der Waals surface area contributed by atoms with Crippen molar-refractivity contribution in [2.45, 2.75) is 65.0 Å². The van der Waals surface area contributed by atoms with Gasteiger partial charge >= 0.3 is 0 Å². The average Bonchev–Trinajstić information content (AvgIpc) is 2.37. The maximum absolute atomic E-state index is 9.39. The van der Waals surface area contributed by atoms with Crippen LogP contribution in [-0.4, -0.2) is 48.3 Å². The lowest BCUT2D eigenvalue weighted by atomic mass is 9.98. The molecule has 0 spiro atoms. The van der Waals surface area contributed by atoms with Crippen LogP contribution in [-0.2, 0) is 0 Å². The van der Waals surface area contributed by atoms with Crippen LogP contribution >= 0.6 is 0 Å². The van der Waals surface area contributed by atoms with Crippen LogP contribution in [0.5, 0.6) is 0 Å². The van der Waals surface area contributed by atoms with E-state index >= 15 is 0 Å². The van der Waals surface area contributed by atoms with Gasteiger partial charge in [0, 0.05) is 18.1 Å². The molecule has 0 fully saturated rings. The van der Waals surface area contributed by atoms with Crippen molar-refractivity contribution in [3.8, 4) is 0 Å². The first-order chi connectivity index (χ1) is 8.02. The second kappa shape index (κ2) is 8.90. The van der Waals surface area contributed by atoms with E-state index in [1.54, 1.807) is 0 Å². The minimum atomic E-state index is -0.141. The first-order valence-corrected chi connectivity index (χ1v) is 7.06. The molecule has 3 nitrogen and oxygen atoms in total. The average molecular weight is 244 g/mol. The molecule has 0 saturated heterocycles. The van der Waals surface area contributed by atoms with Crippen LogP contribution in [0.1, 0.15) is 53.4 Å². The van der Waals surface area contributed by atoms with Gasteiger partial charge in [0.25, 0.3) is 0 Å². The Morgan fingerprint density at radius 3 is 2.35 bits per heavy atom. The molecule has 2 unspecified atom stereocenters. The van der Waals surface area contributed by atoms with Gasteiger partial charge in [-0.2, -0.15) is 0 Å². The van der Waals surface area contributed by atoms with Crippen molar-refractivity contribution in [2.75, 3.05) is 26.7 Å². The molecular weight excluding hydrogens is 212 g/mol. The summed E-state index contributed by atoms with van der Waals surface area (Å²) >= 11 is 0. The van der Waals surface area contributed by atoms with Crippen LogP contribution in [0.2, 0.25) is 0 Å². The van der Waals surface area contributed by atoms with Crippen LogP contribution in [0.25, 0.3) is 0 Å². The molecule has 0 aliphatic heterocycles. The molecule has 0 radical (unpaired) electrons. The van der Waals surface area contributed by atoms with E-state index in [2.05, 4.69) is 37.9 Å². The Labute approximate surface area is 108 Å². The third-order valence-electron chi connectivity index (χ3n) is 3.92. The summed E-state index contributed by atoms with van der Waals surface area (Å²) in [5.41, 5.74) is -0.141. The van der Waals surface area contributed by atoms with Crippen molar-refractivity contribution in [3.05, 3.63) is 0 Å². The molecule has 17 heavy (non-hydrogen) atoms. The summed E-state index contributed by atoms with van der Waals surface area (Å²) < 4.78 is 0. The van der Waals surface area contributed by atoms with E-state index in [0.29, 0.717) is 6.04 Å². The van der Waals surface area contributed by atoms with E-state index in [4.69, 9.17) is 0 Å². The van der Waals surface area contributed by atoms with Crippen LogP contribution in [0, 0.1) is 0 Å². The number of nitrogens with one attached hydrogen (secondary N) is 1. The lowest BCUT2D eigenvalue weighted by molar-refractivity contribution is 0.134. The molecule has 0 aliphatic carbocycles. The van der Waals surface area contributed by atoms with Gasteiger partial charge in [-0.05, 0) is 46.7 Å². The molecule has 0 aliphatic rings. The van der Waals surface area contributed by atoms with E-state index in [1.165, 1.54) is 25.8 Å². The largest absolute Gasteiger partial charge is 0.394 e. The number of aliphatic hydroxyl groups excluding tert-OH is 1. The smallest absolute Gasteiger partial charge is 0.0610 e. The van der Waals surface area contributed by atoms with Gasteiger partial charge in [0.05, 0.1) is 6.61 Å². The maximum Gasteiger partial charge on any atom is 0.0610 e. The van der Waals surface area contributed by atoms with Gasteiger partial charge in [-0.15, -0.1) is 0 Å². The summed E-state index contributed by atoms with van der Waals surface area (Å²) in [6, 6.07) is 0.640. The SMILES string of the molecule is CCCCN(CCC(C)(CO)NC)C(C)CC. The van der Waals surface area contributed by atoms with Gasteiger partial charge in [0.2, 0.25) is 0 Å². The van der Waals surface area contributed by atoms with Gasteiger partial charge in [-0.25, -0.2) is 0 Å². The summed E-state index contributed by atoms with van der Waals surface area (Å²) in [7, 11) is 1.93. The van der Waals surface area contributed by atoms with Crippen LogP contribution < -0.4 is 5.32 Å². The molecule has 0 saturated carbocycles. The molecule has 0 aromatic heterocycles. The second-order valence-electron chi connectivity index (χ2n) is 5.37. The Kier molecular flexibility index (Phi) is 8.83. The highest BCUT2D eigenvalue weighted by molar-refractivity contribution is 4.82. The minimum Gasteiger partial charge on any atom is -0.394 e. The molecule has 0 rings (SSSR count). The molecule has 3 heteroatoms. The van der Waals surface area contributed by atoms with Gasteiger partial charge in [0.15, 0.2) is 0 Å². The van der Waals surface area contributed by atoms with E-state index in [-0.39, 0.29) is 12.1 Å². The summed E-state index contributed by atoms with van der Waals surface area (Å²) in [5.74, 6) is 0. The van der Waals surface area contributed by atoms with Crippen molar-refractivity contribution in [1.82, 2.24) is 10.2 Å². The maximum atomic E-state index is 9.39. The highest BCUT2D eigenvalue weighted by Gasteiger charge is 2.22. The molecular formula is C14H32N2O. The highest BCUT2D eigenvalue weighted by atomic mass is 16.3. The number of rotatable bonds is 10. The standard InChI is InChI=1S/C14H32N2O/c1-6-8-10-16(13(3)7-2)11-9-14(4,12-17)15-5/h13,15,17H,6-12H2,1-5H3. The minimum absolute atomic E-state index is 0.141. The Hall–Kier alpha value is -0.120. The normalized spacial score (nSPS) is 17.1. The van der Waals surface area contributed by atoms with Crippen molar-refractivity contribution >= 4 is 0 Å². The predicted molar refractivity (Wildman–Crippen MR) is 75.4 cm³/mol. The van der Waals surface area contributed by atoms with Crippen LogP contribution in [0.3, 0.4) is 0 Å². The number of likely N-dealkylation sites (N-methyl/N-ethyl adjacent to an activating group) is 1.